The molecule has 0 fully saturated rings. The van der Waals surface area contributed by atoms with Crippen LogP contribution in [0.25, 0.3) is 0 Å². The van der Waals surface area contributed by atoms with Crippen LogP contribution in [0.5, 0.6) is 0 Å². The van der Waals surface area contributed by atoms with E-state index in [0.29, 0.717) is 6.42 Å². The molecule has 1 aliphatic heterocycles. The van der Waals surface area contributed by atoms with E-state index >= 15 is 0 Å². The highest BCUT2D eigenvalue weighted by molar-refractivity contribution is 6.13. The molecule has 1 rings (SSSR count). The van der Waals surface area contributed by atoms with Gasteiger partial charge in [-0.15, -0.1) is 0 Å². The molecule has 0 saturated carbocycles. The van der Waals surface area contributed by atoms with Crippen LogP contribution < -0.4 is 0 Å². The SMILES string of the molecule is CC(=O)C(C)CC(C)N1C(=O)C=CC1=O. The molecule has 2 amide bonds. The topological polar surface area (TPSA) is 54.5 Å². The Morgan fingerprint density at radius 3 is 2.13 bits per heavy atom. The normalized spacial score (nSPS) is 19.5. The molecule has 82 valence electrons. The highest BCUT2D eigenvalue weighted by atomic mass is 16.2. The standard InChI is InChI=1S/C11H15NO3/c1-7(9(3)13)6-8(2)12-10(14)4-5-11(12)15/h4-5,7-8H,6H2,1-3H3. The van der Waals surface area contributed by atoms with Gasteiger partial charge in [0.15, 0.2) is 0 Å². The Balaban J connectivity index is 2.62. The van der Waals surface area contributed by atoms with Gasteiger partial charge in [0.2, 0.25) is 0 Å². The Hall–Kier alpha value is -1.45. The summed E-state index contributed by atoms with van der Waals surface area (Å²) in [6.45, 7) is 5.10. The molecule has 4 heteroatoms. The number of imide groups is 1. The van der Waals surface area contributed by atoms with Gasteiger partial charge in [0, 0.05) is 24.1 Å². The minimum atomic E-state index is -0.289. The molecule has 0 bridgehead atoms. The predicted molar refractivity (Wildman–Crippen MR) is 54.9 cm³/mol. The summed E-state index contributed by atoms with van der Waals surface area (Å²) >= 11 is 0. The van der Waals surface area contributed by atoms with Crippen LogP contribution in [0.1, 0.15) is 27.2 Å². The van der Waals surface area contributed by atoms with Gasteiger partial charge in [-0.05, 0) is 20.3 Å². The minimum Gasteiger partial charge on any atom is -0.300 e. The molecule has 4 nitrogen and oxygen atoms in total. The van der Waals surface area contributed by atoms with Crippen molar-refractivity contribution in [2.24, 2.45) is 5.92 Å². The first kappa shape index (κ1) is 11.6. The maximum atomic E-state index is 11.3. The Bertz CT molecular complexity index is 315. The van der Waals surface area contributed by atoms with E-state index in [0.717, 1.165) is 0 Å². The van der Waals surface area contributed by atoms with Crippen LogP contribution in [-0.4, -0.2) is 28.5 Å². The first-order chi connectivity index (χ1) is 6.93. The van der Waals surface area contributed by atoms with E-state index in [4.69, 9.17) is 0 Å². The lowest BCUT2D eigenvalue weighted by Crippen LogP contribution is -2.39. The van der Waals surface area contributed by atoms with Gasteiger partial charge in [0.1, 0.15) is 5.78 Å². The average molecular weight is 209 g/mol. The molecule has 0 N–H and O–H groups in total. The van der Waals surface area contributed by atoms with Gasteiger partial charge in [-0.3, -0.25) is 19.3 Å². The summed E-state index contributed by atoms with van der Waals surface area (Å²) in [7, 11) is 0. The molecule has 0 aromatic carbocycles. The van der Waals surface area contributed by atoms with E-state index in [1.54, 1.807) is 13.8 Å². The highest BCUT2D eigenvalue weighted by Crippen LogP contribution is 2.16. The number of hydrogen-bond acceptors (Lipinski definition) is 3. The van der Waals surface area contributed by atoms with Crippen LogP contribution in [0.3, 0.4) is 0 Å². The number of carbonyl (C=O) groups is 3. The Kier molecular flexibility index (Phi) is 3.39. The van der Waals surface area contributed by atoms with Gasteiger partial charge >= 0.3 is 0 Å². The van der Waals surface area contributed by atoms with E-state index in [-0.39, 0.29) is 29.6 Å². The van der Waals surface area contributed by atoms with Gasteiger partial charge in [0.25, 0.3) is 11.8 Å². The molecule has 2 unspecified atom stereocenters. The lowest BCUT2D eigenvalue weighted by molar-refractivity contribution is -0.140. The van der Waals surface area contributed by atoms with Crippen LogP contribution in [0.2, 0.25) is 0 Å². The summed E-state index contributed by atoms with van der Waals surface area (Å²) in [4.78, 5) is 34.9. The van der Waals surface area contributed by atoms with Gasteiger partial charge in [-0.1, -0.05) is 6.92 Å². The van der Waals surface area contributed by atoms with Crippen LogP contribution in [0.4, 0.5) is 0 Å². The van der Waals surface area contributed by atoms with Gasteiger partial charge in [-0.2, -0.15) is 0 Å². The fourth-order valence-electron chi connectivity index (χ4n) is 1.63. The molecule has 0 saturated heterocycles. The maximum absolute atomic E-state index is 11.3. The van der Waals surface area contributed by atoms with E-state index in [2.05, 4.69) is 0 Å². The van der Waals surface area contributed by atoms with E-state index in [9.17, 15) is 14.4 Å². The maximum Gasteiger partial charge on any atom is 0.253 e. The van der Waals surface area contributed by atoms with Crippen LogP contribution >= 0.6 is 0 Å². The number of Topliss-reactive ketones (excluding diaryl/α,β-unsaturated/α-hetero) is 1. The molecular formula is C11H15NO3. The second kappa shape index (κ2) is 4.38. The molecular weight excluding hydrogens is 194 g/mol. The third kappa shape index (κ3) is 2.52. The number of ketones is 1. The van der Waals surface area contributed by atoms with Crippen molar-refractivity contribution >= 4 is 17.6 Å². The lowest BCUT2D eigenvalue weighted by Gasteiger charge is -2.24. The highest BCUT2D eigenvalue weighted by Gasteiger charge is 2.29. The quantitative estimate of drug-likeness (QED) is 0.647. The first-order valence-electron chi connectivity index (χ1n) is 4.99. The van der Waals surface area contributed by atoms with Gasteiger partial charge in [-0.25, -0.2) is 0 Å². The van der Waals surface area contributed by atoms with Crippen molar-refractivity contribution in [1.82, 2.24) is 4.90 Å². The molecule has 0 spiro atoms. The zero-order valence-electron chi connectivity index (χ0n) is 9.19. The van der Waals surface area contributed by atoms with E-state index < -0.39 is 0 Å². The van der Waals surface area contributed by atoms with Gasteiger partial charge in [0.05, 0.1) is 0 Å². The van der Waals surface area contributed by atoms with Gasteiger partial charge < -0.3 is 0 Å². The molecule has 2 atom stereocenters. The van der Waals surface area contributed by atoms with Crippen LogP contribution in [-0.2, 0) is 14.4 Å². The van der Waals surface area contributed by atoms with Crippen molar-refractivity contribution in [2.45, 2.75) is 33.2 Å². The Morgan fingerprint density at radius 2 is 1.73 bits per heavy atom. The molecule has 1 heterocycles. The third-order valence-corrected chi connectivity index (χ3v) is 2.67. The van der Waals surface area contributed by atoms with Crippen molar-refractivity contribution in [3.05, 3.63) is 12.2 Å². The van der Waals surface area contributed by atoms with Crippen molar-refractivity contribution < 1.29 is 14.4 Å². The Morgan fingerprint density at radius 1 is 1.27 bits per heavy atom. The van der Waals surface area contributed by atoms with Crippen LogP contribution in [0, 0.1) is 5.92 Å². The van der Waals surface area contributed by atoms with Crippen LogP contribution in [0.15, 0.2) is 12.2 Å². The van der Waals surface area contributed by atoms with E-state index in [1.807, 2.05) is 0 Å². The fraction of sp³-hybridized carbons (Fsp3) is 0.545. The van der Waals surface area contributed by atoms with Crippen molar-refractivity contribution in [1.29, 1.82) is 0 Å². The average Bonchev–Trinajstić information content (AvgIpc) is 2.45. The van der Waals surface area contributed by atoms with E-state index in [1.165, 1.54) is 24.0 Å². The summed E-state index contributed by atoms with van der Waals surface area (Å²) in [6.07, 6.45) is 3.04. The first-order valence-corrected chi connectivity index (χ1v) is 4.99. The zero-order chi connectivity index (χ0) is 11.6. The monoisotopic (exact) mass is 209 g/mol. The molecule has 0 aromatic rings. The summed E-state index contributed by atoms with van der Waals surface area (Å²) in [5.41, 5.74) is 0. The molecule has 0 aliphatic carbocycles. The molecule has 1 aliphatic rings. The summed E-state index contributed by atoms with van der Waals surface area (Å²) < 4.78 is 0. The van der Waals surface area contributed by atoms with Crippen molar-refractivity contribution in [2.75, 3.05) is 0 Å². The van der Waals surface area contributed by atoms with Crippen molar-refractivity contribution in [3.8, 4) is 0 Å². The molecule has 15 heavy (non-hydrogen) atoms. The largest absolute Gasteiger partial charge is 0.300 e. The third-order valence-electron chi connectivity index (χ3n) is 2.67. The zero-order valence-corrected chi connectivity index (χ0v) is 9.19. The predicted octanol–water partition coefficient (Wildman–Crippen LogP) is 0.915. The Labute approximate surface area is 88.9 Å². The summed E-state index contributed by atoms with van der Waals surface area (Å²) in [6, 6.07) is -0.223. The second-order valence-corrected chi connectivity index (χ2v) is 3.98. The molecule has 0 aromatic heterocycles. The summed E-state index contributed by atoms with van der Waals surface area (Å²) in [5, 5.41) is 0. The number of amides is 2. The lowest BCUT2D eigenvalue weighted by atomic mass is 9.98. The second-order valence-electron chi connectivity index (χ2n) is 3.98. The summed E-state index contributed by atoms with van der Waals surface area (Å²) in [5.74, 6) is -0.624. The smallest absolute Gasteiger partial charge is 0.253 e. The number of nitrogens with zero attached hydrogens (tertiary/aromatic N) is 1. The fourth-order valence-corrected chi connectivity index (χ4v) is 1.63. The number of carbonyl (C=O) groups excluding carboxylic acids is 3. The minimum absolute atomic E-state index is 0.0777. The van der Waals surface area contributed by atoms with Crippen molar-refractivity contribution in [3.63, 3.8) is 0 Å². The number of hydrogen-bond donors (Lipinski definition) is 0. The number of rotatable bonds is 4. The molecule has 0 radical (unpaired) electrons.